The van der Waals surface area contributed by atoms with Gasteiger partial charge in [0.1, 0.15) is 6.04 Å². The highest BCUT2D eigenvalue weighted by atomic mass is 35.5. The van der Waals surface area contributed by atoms with Crippen LogP contribution in [0.25, 0.3) is 0 Å². The van der Waals surface area contributed by atoms with E-state index in [1.165, 1.54) is 16.2 Å². The van der Waals surface area contributed by atoms with Gasteiger partial charge in [-0.1, -0.05) is 29.8 Å². The number of aromatic nitrogens is 1. The van der Waals surface area contributed by atoms with E-state index in [0.717, 1.165) is 0 Å². The first-order chi connectivity index (χ1) is 15.8. The first kappa shape index (κ1) is 23.7. The Labute approximate surface area is 198 Å². The highest BCUT2D eigenvalue weighted by Crippen LogP contribution is 2.38. The van der Waals surface area contributed by atoms with E-state index in [-0.39, 0.29) is 18.7 Å². The highest BCUT2D eigenvalue weighted by molar-refractivity contribution is 7.11. The third-order valence-corrected chi connectivity index (χ3v) is 6.64. The fourth-order valence-corrected chi connectivity index (χ4v) is 4.90. The number of hydrogen-bond acceptors (Lipinski definition) is 8. The second-order valence-corrected chi connectivity index (χ2v) is 9.08. The molecule has 2 N–H and O–H groups in total. The number of alkyl halides is 2. The Kier molecular flexibility index (Phi) is 7.08. The Hall–Kier alpha value is -2.40. The summed E-state index contributed by atoms with van der Waals surface area (Å²) in [6, 6.07) is 5.46. The molecule has 7 nitrogen and oxygen atoms in total. The first-order valence-corrected chi connectivity index (χ1v) is 11.7. The molecule has 11 heteroatoms. The Morgan fingerprint density at radius 3 is 2.88 bits per heavy atom. The summed E-state index contributed by atoms with van der Waals surface area (Å²) >= 11 is 7.81. The van der Waals surface area contributed by atoms with Gasteiger partial charge in [-0.3, -0.25) is 9.89 Å². The van der Waals surface area contributed by atoms with E-state index in [1.54, 1.807) is 42.8 Å². The molecule has 0 aliphatic carbocycles. The molecule has 0 radical (unpaired) electrons. The van der Waals surface area contributed by atoms with Crippen LogP contribution in [0.4, 0.5) is 8.78 Å². The number of nitrogens with zero attached hydrogens (tertiary/aromatic N) is 3. The maximum Gasteiger partial charge on any atom is 0.338 e. The summed E-state index contributed by atoms with van der Waals surface area (Å²) in [4.78, 5) is 23.6. The fraction of sp³-hybridized carbons (Fsp3) is 0.409. The maximum atomic E-state index is 14.1. The maximum absolute atomic E-state index is 14.1. The molecule has 0 unspecified atom stereocenters. The van der Waals surface area contributed by atoms with Crippen molar-refractivity contribution < 1.29 is 23.4 Å². The number of nitrogens with one attached hydrogen (secondary N) is 1. The molecule has 0 amide bonds. The van der Waals surface area contributed by atoms with Gasteiger partial charge in [0.15, 0.2) is 10.8 Å². The topological polar surface area (TPSA) is 87.0 Å². The fourth-order valence-electron chi connectivity index (χ4n) is 4.07. The van der Waals surface area contributed by atoms with Crippen molar-refractivity contribution in [2.24, 2.45) is 4.99 Å². The predicted octanol–water partition coefficient (Wildman–Crippen LogP) is 3.41. The van der Waals surface area contributed by atoms with E-state index < -0.39 is 43.5 Å². The molecule has 2 aliphatic rings. The molecule has 4 rings (SSSR count). The van der Waals surface area contributed by atoms with Gasteiger partial charge in [0.05, 0.1) is 25.3 Å². The molecule has 1 aromatic carbocycles. The number of thiazole rings is 1. The number of likely N-dealkylation sites (tertiary alicyclic amines) is 1. The normalized spacial score (nSPS) is 22.8. The van der Waals surface area contributed by atoms with E-state index in [9.17, 15) is 18.7 Å². The lowest BCUT2D eigenvalue weighted by atomic mass is 9.95. The minimum absolute atomic E-state index is 0.0275. The Bertz CT molecular complexity index is 1080. The van der Waals surface area contributed by atoms with Crippen LogP contribution in [-0.2, 0) is 9.53 Å². The predicted molar refractivity (Wildman–Crippen MR) is 122 cm³/mol. The average Bonchev–Trinajstić information content (AvgIpc) is 3.41. The van der Waals surface area contributed by atoms with Crippen LogP contribution < -0.4 is 5.32 Å². The van der Waals surface area contributed by atoms with Crippen LogP contribution in [0.1, 0.15) is 30.0 Å². The summed E-state index contributed by atoms with van der Waals surface area (Å²) in [7, 11) is 0. The number of hydrogen-bond donors (Lipinski definition) is 2. The second-order valence-electron chi connectivity index (χ2n) is 7.78. The Morgan fingerprint density at radius 1 is 1.42 bits per heavy atom. The molecule has 176 valence electrons. The summed E-state index contributed by atoms with van der Waals surface area (Å²) in [6.07, 6.45) is 1.18. The van der Waals surface area contributed by atoms with Crippen molar-refractivity contribution in [1.29, 1.82) is 0 Å². The Balaban J connectivity index is 1.82. The number of amidine groups is 1. The van der Waals surface area contributed by atoms with Crippen LogP contribution in [0.15, 0.2) is 52.1 Å². The van der Waals surface area contributed by atoms with Gasteiger partial charge in [-0.25, -0.2) is 18.6 Å². The number of aliphatic hydroxyl groups excluding tert-OH is 1. The second kappa shape index (κ2) is 9.84. The largest absolute Gasteiger partial charge is 0.463 e. The molecule has 1 aromatic heterocycles. The van der Waals surface area contributed by atoms with Gasteiger partial charge in [-0.15, -0.1) is 11.3 Å². The molecular weight excluding hydrogens is 474 g/mol. The zero-order chi connectivity index (χ0) is 23.6. The number of ether oxygens (including phenoxy) is 1. The molecule has 0 bridgehead atoms. The molecule has 0 saturated carbocycles. The molecule has 33 heavy (non-hydrogen) atoms. The van der Waals surface area contributed by atoms with E-state index in [4.69, 9.17) is 21.3 Å². The van der Waals surface area contributed by atoms with Gasteiger partial charge >= 0.3 is 5.97 Å². The standard InChI is InChI=1S/C22H23ClF2N4O3S/c1-2-32-21(31)17-16(10-29-12-22(24,25)9-13(29)11-30)27-19(20-26-7-8-33-20)28-18(17)14-5-3-4-6-15(14)23/h3-8,13,18,30H,2,9-12H2,1H3,(H,27,28)/t13-,18-/m0/s1. The third kappa shape index (κ3) is 5.08. The number of rotatable bonds is 7. The lowest BCUT2D eigenvalue weighted by Gasteiger charge is -2.31. The van der Waals surface area contributed by atoms with Crippen molar-refractivity contribution in [2.45, 2.75) is 31.4 Å². The molecule has 2 atom stereocenters. The quantitative estimate of drug-likeness (QED) is 0.571. The molecule has 2 aliphatic heterocycles. The van der Waals surface area contributed by atoms with Crippen molar-refractivity contribution in [3.8, 4) is 0 Å². The van der Waals surface area contributed by atoms with Gasteiger partial charge in [0.2, 0.25) is 0 Å². The van der Waals surface area contributed by atoms with E-state index in [2.05, 4.69) is 10.3 Å². The SMILES string of the molecule is CCOC(=O)C1=C(CN2CC(F)(F)C[C@H]2CO)NC(c2nccs2)=N[C@H]1c1ccccc1Cl. The van der Waals surface area contributed by atoms with Crippen LogP contribution in [0.2, 0.25) is 5.02 Å². The van der Waals surface area contributed by atoms with Crippen molar-refractivity contribution in [2.75, 3.05) is 26.3 Å². The highest BCUT2D eigenvalue weighted by Gasteiger charge is 2.45. The monoisotopic (exact) mass is 496 g/mol. The van der Waals surface area contributed by atoms with Crippen molar-refractivity contribution in [3.63, 3.8) is 0 Å². The van der Waals surface area contributed by atoms with Crippen molar-refractivity contribution in [1.82, 2.24) is 15.2 Å². The smallest absolute Gasteiger partial charge is 0.338 e. The van der Waals surface area contributed by atoms with E-state index >= 15 is 0 Å². The van der Waals surface area contributed by atoms with Gasteiger partial charge in [0.25, 0.3) is 5.92 Å². The summed E-state index contributed by atoms with van der Waals surface area (Å²) in [6.45, 7) is 0.847. The lowest BCUT2D eigenvalue weighted by Crippen LogP contribution is -2.42. The van der Waals surface area contributed by atoms with Crippen molar-refractivity contribution >= 4 is 34.7 Å². The van der Waals surface area contributed by atoms with Crippen LogP contribution in [0.5, 0.6) is 0 Å². The number of carbonyl (C=O) groups is 1. The number of aliphatic imine (C=N–C) groups is 1. The number of aliphatic hydroxyl groups is 1. The summed E-state index contributed by atoms with van der Waals surface area (Å²) in [5.74, 6) is -3.14. The number of benzene rings is 1. The minimum Gasteiger partial charge on any atom is -0.463 e. The summed E-state index contributed by atoms with van der Waals surface area (Å²) in [5.41, 5.74) is 1.15. The van der Waals surface area contributed by atoms with Gasteiger partial charge in [-0.05, 0) is 13.0 Å². The molecule has 0 spiro atoms. The zero-order valence-electron chi connectivity index (χ0n) is 17.8. The van der Waals surface area contributed by atoms with Gasteiger partial charge in [-0.2, -0.15) is 0 Å². The number of halogens is 3. The van der Waals surface area contributed by atoms with Gasteiger partial charge < -0.3 is 15.2 Å². The third-order valence-electron chi connectivity index (χ3n) is 5.51. The molecule has 2 aromatic rings. The summed E-state index contributed by atoms with van der Waals surface area (Å²) in [5, 5.41) is 15.6. The van der Waals surface area contributed by atoms with Gasteiger partial charge in [0, 0.05) is 46.9 Å². The van der Waals surface area contributed by atoms with Crippen LogP contribution >= 0.6 is 22.9 Å². The van der Waals surface area contributed by atoms with Crippen LogP contribution in [0.3, 0.4) is 0 Å². The summed E-state index contributed by atoms with van der Waals surface area (Å²) < 4.78 is 33.6. The van der Waals surface area contributed by atoms with Crippen LogP contribution in [-0.4, -0.2) is 65.1 Å². The van der Waals surface area contributed by atoms with Crippen LogP contribution in [0, 0.1) is 0 Å². The molecular formula is C22H23ClF2N4O3S. The first-order valence-electron chi connectivity index (χ1n) is 10.4. The molecule has 1 fully saturated rings. The molecule has 3 heterocycles. The van der Waals surface area contributed by atoms with E-state index in [0.29, 0.717) is 27.1 Å². The van der Waals surface area contributed by atoms with E-state index in [1.807, 2.05) is 0 Å². The number of carbonyl (C=O) groups excluding carboxylic acids is 1. The number of esters is 1. The minimum atomic E-state index is -2.93. The average molecular weight is 497 g/mol. The Morgan fingerprint density at radius 2 is 2.21 bits per heavy atom. The zero-order valence-corrected chi connectivity index (χ0v) is 19.4. The van der Waals surface area contributed by atoms with Crippen molar-refractivity contribution in [3.05, 3.63) is 62.7 Å². The lowest BCUT2D eigenvalue weighted by molar-refractivity contribution is -0.139. The molecule has 1 saturated heterocycles.